The van der Waals surface area contributed by atoms with E-state index in [1.807, 2.05) is 35.4 Å². The molecule has 0 saturated heterocycles. The van der Waals surface area contributed by atoms with Gasteiger partial charge in [-0.1, -0.05) is 46.0 Å². The monoisotopic (exact) mass is 268 g/mol. The van der Waals surface area contributed by atoms with Gasteiger partial charge in [0.1, 0.15) is 0 Å². The maximum atomic E-state index is 4.89. The number of hydrogen-bond acceptors (Lipinski definition) is 4. The Morgan fingerprint density at radius 1 is 0.929 bits per heavy atom. The lowest BCUT2D eigenvalue weighted by atomic mass is 10.7. The summed E-state index contributed by atoms with van der Waals surface area (Å²) in [6.07, 6.45) is 0. The Kier molecular flexibility index (Phi) is 10.4. The van der Waals surface area contributed by atoms with Crippen LogP contribution >= 0.6 is 46.0 Å². The first-order valence-corrected chi connectivity index (χ1v) is 7.66. The van der Waals surface area contributed by atoms with E-state index in [-0.39, 0.29) is 0 Å². The molecular formula is C8H16N2S4. The molecule has 0 fully saturated rings. The molecule has 14 heavy (non-hydrogen) atoms. The summed E-state index contributed by atoms with van der Waals surface area (Å²) in [5.74, 6) is 2.16. The van der Waals surface area contributed by atoms with Gasteiger partial charge in [0.25, 0.3) is 0 Å². The van der Waals surface area contributed by atoms with E-state index in [1.165, 1.54) is 0 Å². The molecule has 0 aliphatic carbocycles. The molecule has 0 aromatic rings. The second kappa shape index (κ2) is 10.0. The van der Waals surface area contributed by atoms with Crippen molar-refractivity contribution < 1.29 is 0 Å². The molecule has 0 aliphatic rings. The molecule has 0 rings (SSSR count). The van der Waals surface area contributed by atoms with E-state index in [2.05, 4.69) is 10.6 Å². The predicted molar refractivity (Wildman–Crippen MR) is 77.5 cm³/mol. The van der Waals surface area contributed by atoms with Crippen LogP contribution in [0.15, 0.2) is 0 Å². The Hall–Kier alpha value is 0.480. The van der Waals surface area contributed by atoms with Gasteiger partial charge < -0.3 is 10.6 Å². The lowest BCUT2D eigenvalue weighted by molar-refractivity contribution is 0.988. The lowest BCUT2D eigenvalue weighted by Crippen LogP contribution is -2.21. The topological polar surface area (TPSA) is 24.1 Å². The maximum absolute atomic E-state index is 4.89. The molecule has 0 spiro atoms. The molecule has 6 heteroatoms. The van der Waals surface area contributed by atoms with E-state index in [0.29, 0.717) is 0 Å². The van der Waals surface area contributed by atoms with Gasteiger partial charge in [0.2, 0.25) is 0 Å². The first-order chi connectivity index (χ1) is 6.63. The number of rotatable bonds is 7. The van der Waals surface area contributed by atoms with Gasteiger partial charge in [0, 0.05) is 24.6 Å². The normalized spacial score (nSPS) is 9.57. The van der Waals surface area contributed by atoms with E-state index in [1.54, 1.807) is 0 Å². The molecule has 0 aromatic carbocycles. The van der Waals surface area contributed by atoms with Gasteiger partial charge in [-0.2, -0.15) is 0 Å². The molecule has 2 nitrogen and oxygen atoms in total. The minimum atomic E-state index is 0.869. The fourth-order valence-electron chi connectivity index (χ4n) is 0.655. The minimum absolute atomic E-state index is 0.869. The maximum Gasteiger partial charge on any atom is 0.0722 e. The summed E-state index contributed by atoms with van der Waals surface area (Å²) < 4.78 is 0. The highest BCUT2D eigenvalue weighted by molar-refractivity contribution is 8.76. The molecule has 0 unspecified atom stereocenters. The highest BCUT2D eigenvalue weighted by atomic mass is 33.1. The van der Waals surface area contributed by atoms with E-state index in [9.17, 15) is 0 Å². The van der Waals surface area contributed by atoms with Gasteiger partial charge in [0.15, 0.2) is 0 Å². The van der Waals surface area contributed by atoms with Crippen LogP contribution in [-0.4, -0.2) is 34.6 Å². The van der Waals surface area contributed by atoms with Crippen molar-refractivity contribution >= 4 is 56.0 Å². The third-order valence-corrected chi connectivity index (χ3v) is 3.90. The van der Waals surface area contributed by atoms with Crippen LogP contribution in [0, 0.1) is 0 Å². The molecule has 0 bridgehead atoms. The molecule has 82 valence electrons. The second-order valence-electron chi connectivity index (χ2n) is 2.61. The Bertz CT molecular complexity index is 164. The van der Waals surface area contributed by atoms with Crippen molar-refractivity contribution in [2.45, 2.75) is 13.8 Å². The summed E-state index contributed by atoms with van der Waals surface area (Å²) in [5, 5.41) is 6.23. The van der Waals surface area contributed by atoms with E-state index in [4.69, 9.17) is 24.4 Å². The van der Waals surface area contributed by atoms with Gasteiger partial charge in [-0.25, -0.2) is 0 Å². The first-order valence-electron chi connectivity index (χ1n) is 4.36. The molecular weight excluding hydrogens is 252 g/mol. The third-order valence-electron chi connectivity index (χ3n) is 1.20. The molecule has 0 amide bonds. The highest BCUT2D eigenvalue weighted by Crippen LogP contribution is 2.19. The van der Waals surface area contributed by atoms with Crippen molar-refractivity contribution in [2.75, 3.05) is 24.6 Å². The number of hydrogen-bond donors (Lipinski definition) is 2. The van der Waals surface area contributed by atoms with Gasteiger partial charge in [-0.05, 0) is 13.8 Å². The average molecular weight is 268 g/mol. The fourth-order valence-corrected chi connectivity index (χ4v) is 2.67. The van der Waals surface area contributed by atoms with Crippen LogP contribution in [-0.2, 0) is 0 Å². The fraction of sp³-hybridized carbons (Fsp3) is 0.750. The first kappa shape index (κ1) is 14.5. The van der Waals surface area contributed by atoms with Crippen molar-refractivity contribution in [1.29, 1.82) is 0 Å². The quantitative estimate of drug-likeness (QED) is 0.417. The Labute approximate surface area is 105 Å². The van der Waals surface area contributed by atoms with Gasteiger partial charge >= 0.3 is 0 Å². The van der Waals surface area contributed by atoms with Crippen LogP contribution < -0.4 is 10.6 Å². The van der Waals surface area contributed by atoms with E-state index >= 15 is 0 Å². The zero-order chi connectivity index (χ0) is 10.8. The van der Waals surface area contributed by atoms with Crippen molar-refractivity contribution in [3.8, 4) is 0 Å². The summed E-state index contributed by atoms with van der Waals surface area (Å²) in [6.45, 7) is 5.71. The van der Waals surface area contributed by atoms with Crippen LogP contribution in [0.1, 0.15) is 13.8 Å². The van der Waals surface area contributed by atoms with Crippen molar-refractivity contribution in [1.82, 2.24) is 10.6 Å². The second-order valence-corrected chi connectivity index (χ2v) is 6.54. The summed E-state index contributed by atoms with van der Waals surface area (Å²) in [4.78, 5) is 1.74. The van der Waals surface area contributed by atoms with Crippen LogP contribution in [0.5, 0.6) is 0 Å². The average Bonchev–Trinajstić information content (AvgIpc) is 2.08. The zero-order valence-corrected chi connectivity index (χ0v) is 11.7. The van der Waals surface area contributed by atoms with E-state index < -0.39 is 0 Å². The Morgan fingerprint density at radius 2 is 1.29 bits per heavy atom. The Morgan fingerprint density at radius 3 is 1.57 bits per heavy atom. The zero-order valence-electron chi connectivity index (χ0n) is 8.46. The largest absolute Gasteiger partial charge is 0.379 e. The highest BCUT2D eigenvalue weighted by Gasteiger charge is 1.91. The standard InChI is InChI=1S/C8H16N2S4/c1-7(11)9-3-5-13-14-6-4-10-8(2)12/h3-6H2,1-2H3,(H,9,11)(H,10,12). The molecule has 0 atom stereocenters. The SMILES string of the molecule is CC(=S)NCCSSCCNC(C)=S. The van der Waals surface area contributed by atoms with Gasteiger partial charge in [0.05, 0.1) is 9.98 Å². The molecule has 0 radical (unpaired) electrons. The summed E-state index contributed by atoms with van der Waals surface area (Å²) in [7, 11) is 3.72. The summed E-state index contributed by atoms with van der Waals surface area (Å²) >= 11 is 9.78. The lowest BCUT2D eigenvalue weighted by Gasteiger charge is -2.04. The summed E-state index contributed by atoms with van der Waals surface area (Å²) in [5.41, 5.74) is 0. The summed E-state index contributed by atoms with van der Waals surface area (Å²) in [6, 6.07) is 0. The van der Waals surface area contributed by atoms with Crippen LogP contribution in [0.25, 0.3) is 0 Å². The molecule has 0 heterocycles. The van der Waals surface area contributed by atoms with E-state index in [0.717, 1.165) is 34.6 Å². The van der Waals surface area contributed by atoms with Gasteiger partial charge in [-0.3, -0.25) is 0 Å². The molecule has 0 aliphatic heterocycles. The number of thiocarbonyl (C=S) groups is 2. The van der Waals surface area contributed by atoms with Gasteiger partial charge in [-0.15, -0.1) is 0 Å². The van der Waals surface area contributed by atoms with Crippen molar-refractivity contribution in [2.24, 2.45) is 0 Å². The Balaban J connectivity index is 2.99. The molecule has 0 saturated carbocycles. The molecule has 0 aromatic heterocycles. The van der Waals surface area contributed by atoms with Crippen molar-refractivity contribution in [3.05, 3.63) is 0 Å². The van der Waals surface area contributed by atoms with Crippen LogP contribution in [0.3, 0.4) is 0 Å². The minimum Gasteiger partial charge on any atom is -0.379 e. The number of nitrogens with one attached hydrogen (secondary N) is 2. The van der Waals surface area contributed by atoms with Crippen LogP contribution in [0.4, 0.5) is 0 Å². The molecule has 2 N–H and O–H groups in total. The van der Waals surface area contributed by atoms with Crippen LogP contribution in [0.2, 0.25) is 0 Å². The predicted octanol–water partition coefficient (Wildman–Crippen LogP) is 2.24. The third kappa shape index (κ3) is 12.5. The smallest absolute Gasteiger partial charge is 0.0722 e. The van der Waals surface area contributed by atoms with Crippen molar-refractivity contribution in [3.63, 3.8) is 0 Å².